The predicted molar refractivity (Wildman–Crippen MR) is 141 cm³/mol. The summed E-state index contributed by atoms with van der Waals surface area (Å²) in [4.78, 5) is 20.5. The minimum atomic E-state index is -0.0789. The Bertz CT molecular complexity index is 1200. The van der Waals surface area contributed by atoms with Crippen molar-refractivity contribution in [1.29, 1.82) is 0 Å². The van der Waals surface area contributed by atoms with Gasteiger partial charge in [-0.25, -0.2) is 0 Å². The first-order valence-electron chi connectivity index (χ1n) is 11.6. The average molecular weight is 481 g/mol. The van der Waals surface area contributed by atoms with Crippen LogP contribution in [-0.2, 0) is 11.3 Å². The lowest BCUT2D eigenvalue weighted by Crippen LogP contribution is -2.44. The fraction of sp³-hybridized carbons (Fsp3) is 0.385. The number of hydrogen-bond donors (Lipinski definition) is 2. The van der Waals surface area contributed by atoms with E-state index in [0.717, 1.165) is 66.3 Å². The molecule has 0 amide bonds. The Hall–Kier alpha value is -2.94. The topological polar surface area (TPSA) is 69.8 Å². The Morgan fingerprint density at radius 2 is 1.85 bits per heavy atom. The van der Waals surface area contributed by atoms with E-state index in [9.17, 15) is 4.79 Å². The molecule has 2 heterocycles. The lowest BCUT2D eigenvalue weighted by atomic mass is 10.0. The molecule has 0 radical (unpaired) electrons. The van der Waals surface area contributed by atoms with Gasteiger partial charge in [0.2, 0.25) is 0 Å². The highest BCUT2D eigenvalue weighted by atomic mass is 32.1. The molecule has 8 heteroatoms. The zero-order valence-corrected chi connectivity index (χ0v) is 20.8. The van der Waals surface area contributed by atoms with E-state index in [1.54, 1.807) is 7.11 Å². The minimum Gasteiger partial charge on any atom is -0.497 e. The summed E-state index contributed by atoms with van der Waals surface area (Å²) in [6.07, 6.45) is 0. The van der Waals surface area contributed by atoms with Crippen molar-refractivity contribution in [3.05, 3.63) is 69.5 Å². The van der Waals surface area contributed by atoms with Gasteiger partial charge in [0.15, 0.2) is 5.11 Å². The summed E-state index contributed by atoms with van der Waals surface area (Å²) in [6, 6.07) is 13.8. The second-order valence-corrected chi connectivity index (χ2v) is 9.03. The number of rotatable bonds is 7. The molecule has 2 N–H and O–H groups in total. The number of ether oxygens (including phenoxy) is 2. The Morgan fingerprint density at radius 3 is 2.56 bits per heavy atom. The Balaban J connectivity index is 1.57. The molecule has 7 nitrogen and oxygen atoms in total. The molecule has 2 aromatic carbocycles. The van der Waals surface area contributed by atoms with Crippen LogP contribution >= 0.6 is 12.2 Å². The third kappa shape index (κ3) is 5.75. The molecule has 0 atom stereocenters. The summed E-state index contributed by atoms with van der Waals surface area (Å²) >= 11 is 5.80. The molecule has 1 saturated heterocycles. The van der Waals surface area contributed by atoms with Gasteiger partial charge in [-0.05, 0) is 67.5 Å². The van der Waals surface area contributed by atoms with Crippen molar-refractivity contribution < 1.29 is 9.47 Å². The largest absolute Gasteiger partial charge is 0.497 e. The zero-order chi connectivity index (χ0) is 24.1. The second-order valence-electron chi connectivity index (χ2n) is 8.65. The highest BCUT2D eigenvalue weighted by Gasteiger charge is 2.17. The number of methoxy groups -OCH3 is 1. The van der Waals surface area contributed by atoms with Crippen molar-refractivity contribution >= 4 is 33.9 Å². The molecule has 0 unspecified atom stereocenters. The number of nitrogens with zero attached hydrogens (tertiary/aromatic N) is 2. The van der Waals surface area contributed by atoms with Crippen molar-refractivity contribution in [2.75, 3.05) is 51.8 Å². The first-order chi connectivity index (χ1) is 16.4. The van der Waals surface area contributed by atoms with Gasteiger partial charge in [0, 0.05) is 42.8 Å². The number of anilines is 1. The van der Waals surface area contributed by atoms with Crippen molar-refractivity contribution in [3.63, 3.8) is 0 Å². The fourth-order valence-corrected chi connectivity index (χ4v) is 4.43. The third-order valence-electron chi connectivity index (χ3n) is 6.30. The van der Waals surface area contributed by atoms with Crippen LogP contribution in [0.2, 0.25) is 0 Å². The van der Waals surface area contributed by atoms with E-state index < -0.39 is 0 Å². The monoisotopic (exact) mass is 480 g/mol. The minimum absolute atomic E-state index is 0.0789. The maximum Gasteiger partial charge on any atom is 0.253 e. The van der Waals surface area contributed by atoms with E-state index >= 15 is 0 Å². The van der Waals surface area contributed by atoms with Crippen LogP contribution in [0.25, 0.3) is 10.9 Å². The van der Waals surface area contributed by atoms with Gasteiger partial charge in [-0.3, -0.25) is 9.69 Å². The van der Waals surface area contributed by atoms with Gasteiger partial charge in [-0.1, -0.05) is 12.1 Å². The second kappa shape index (κ2) is 11.0. The number of H-pyrrole nitrogens is 1. The molecule has 4 rings (SSSR count). The van der Waals surface area contributed by atoms with Gasteiger partial charge >= 0.3 is 0 Å². The molecule has 1 aromatic heterocycles. The number of nitrogens with one attached hydrogen (secondary N) is 2. The van der Waals surface area contributed by atoms with E-state index in [-0.39, 0.29) is 5.56 Å². The highest BCUT2D eigenvalue weighted by molar-refractivity contribution is 7.80. The number of morpholine rings is 1. The summed E-state index contributed by atoms with van der Waals surface area (Å²) in [6.45, 7) is 9.35. The average Bonchev–Trinajstić information content (AvgIpc) is 2.85. The summed E-state index contributed by atoms with van der Waals surface area (Å²) in [5.74, 6) is 0.786. The lowest BCUT2D eigenvalue weighted by molar-refractivity contribution is 0.0358. The molecule has 1 aliphatic rings. The van der Waals surface area contributed by atoms with Crippen molar-refractivity contribution in [3.8, 4) is 5.75 Å². The molecule has 0 saturated carbocycles. The Morgan fingerprint density at radius 1 is 1.15 bits per heavy atom. The Kier molecular flexibility index (Phi) is 7.82. The summed E-state index contributed by atoms with van der Waals surface area (Å²) in [5, 5.41) is 4.97. The Labute approximate surface area is 205 Å². The van der Waals surface area contributed by atoms with E-state index in [1.165, 1.54) is 0 Å². The summed E-state index contributed by atoms with van der Waals surface area (Å²) in [5.41, 5.74) is 4.59. The van der Waals surface area contributed by atoms with Gasteiger partial charge < -0.3 is 24.7 Å². The SMILES string of the molecule is COc1ccc(NC(=S)N(CCN2CCOCC2)Cc2cc3c(C)ccc(C)c3[nH]c2=O)cc1. The molecule has 0 spiro atoms. The molecular formula is C26H32N4O3S. The summed E-state index contributed by atoms with van der Waals surface area (Å²) in [7, 11) is 1.64. The number of aromatic nitrogens is 1. The zero-order valence-electron chi connectivity index (χ0n) is 20.0. The quantitative estimate of drug-likeness (QED) is 0.500. The summed E-state index contributed by atoms with van der Waals surface area (Å²) < 4.78 is 10.7. The van der Waals surface area contributed by atoms with E-state index in [0.29, 0.717) is 23.8 Å². The first kappa shape index (κ1) is 24.2. The van der Waals surface area contributed by atoms with Crippen molar-refractivity contribution in [2.45, 2.75) is 20.4 Å². The number of benzene rings is 2. The predicted octanol–water partition coefficient (Wildman–Crippen LogP) is 3.68. The van der Waals surface area contributed by atoms with E-state index in [2.05, 4.69) is 33.1 Å². The third-order valence-corrected chi connectivity index (χ3v) is 6.66. The van der Waals surface area contributed by atoms with Crippen LogP contribution in [0.1, 0.15) is 16.7 Å². The van der Waals surface area contributed by atoms with E-state index in [4.69, 9.17) is 21.7 Å². The standard InChI is InChI=1S/C26H32N4O3S/c1-18-4-5-19(2)24-23(18)16-20(25(31)28-24)17-30(11-10-29-12-14-33-15-13-29)26(34)27-21-6-8-22(32-3)9-7-21/h4-9,16H,10-15,17H2,1-3H3,(H,27,34)(H,28,31). The normalized spacial score (nSPS) is 14.2. The van der Waals surface area contributed by atoms with Crippen LogP contribution in [0.5, 0.6) is 5.75 Å². The molecule has 0 aliphatic carbocycles. The van der Waals surface area contributed by atoms with Gasteiger partial charge in [-0.2, -0.15) is 0 Å². The number of thiocarbonyl (C=S) groups is 1. The van der Waals surface area contributed by atoms with Crippen LogP contribution in [0.4, 0.5) is 5.69 Å². The number of aryl methyl sites for hydroxylation is 2. The van der Waals surface area contributed by atoms with Gasteiger partial charge in [-0.15, -0.1) is 0 Å². The molecule has 180 valence electrons. The number of pyridine rings is 1. The fourth-order valence-electron chi connectivity index (χ4n) is 4.16. The molecule has 1 fully saturated rings. The van der Waals surface area contributed by atoms with Crippen LogP contribution in [-0.4, -0.2) is 66.4 Å². The van der Waals surface area contributed by atoms with Gasteiger partial charge in [0.05, 0.1) is 32.4 Å². The maximum absolute atomic E-state index is 13.0. The molecule has 34 heavy (non-hydrogen) atoms. The molecule has 0 bridgehead atoms. The van der Waals surface area contributed by atoms with E-state index in [1.807, 2.05) is 43.3 Å². The van der Waals surface area contributed by atoms with Crippen LogP contribution in [0.15, 0.2) is 47.3 Å². The molecular weight excluding hydrogens is 448 g/mol. The number of hydrogen-bond acceptors (Lipinski definition) is 5. The van der Waals surface area contributed by atoms with Crippen molar-refractivity contribution in [1.82, 2.24) is 14.8 Å². The van der Waals surface area contributed by atoms with Gasteiger partial charge in [0.1, 0.15) is 5.75 Å². The molecule has 1 aliphatic heterocycles. The van der Waals surface area contributed by atoms with Crippen LogP contribution in [0.3, 0.4) is 0 Å². The van der Waals surface area contributed by atoms with Crippen LogP contribution in [0, 0.1) is 13.8 Å². The molecule has 3 aromatic rings. The van der Waals surface area contributed by atoms with Crippen molar-refractivity contribution in [2.24, 2.45) is 0 Å². The van der Waals surface area contributed by atoms with Gasteiger partial charge in [0.25, 0.3) is 5.56 Å². The smallest absolute Gasteiger partial charge is 0.253 e. The number of aromatic amines is 1. The maximum atomic E-state index is 13.0. The highest BCUT2D eigenvalue weighted by Crippen LogP contribution is 2.21. The van der Waals surface area contributed by atoms with Crippen LogP contribution < -0.4 is 15.6 Å². The first-order valence-corrected chi connectivity index (χ1v) is 12.0. The lowest BCUT2D eigenvalue weighted by Gasteiger charge is -2.31. The number of fused-ring (bicyclic) bond motifs is 1.